The van der Waals surface area contributed by atoms with Crippen molar-refractivity contribution in [1.82, 2.24) is 10.2 Å². The lowest BCUT2D eigenvalue weighted by Gasteiger charge is -2.30. The normalized spacial score (nSPS) is 12.4. The van der Waals surface area contributed by atoms with Crippen LogP contribution in [0.3, 0.4) is 0 Å². The predicted octanol–water partition coefficient (Wildman–Crippen LogP) is 4.61. The maximum atomic E-state index is 13.2. The lowest BCUT2D eigenvalue weighted by molar-refractivity contribution is -0.142. The maximum absolute atomic E-state index is 13.2. The maximum Gasteiger partial charge on any atom is 0.261 e. The Morgan fingerprint density at radius 3 is 2.32 bits per heavy atom. The molecular weight excluding hydrogens is 388 g/mol. The molecule has 0 radical (unpaired) electrons. The summed E-state index contributed by atoms with van der Waals surface area (Å²) in [7, 11) is 0. The van der Waals surface area contributed by atoms with E-state index in [-0.39, 0.29) is 29.9 Å². The van der Waals surface area contributed by atoms with Gasteiger partial charge in [-0.2, -0.15) is 0 Å². The SMILES string of the molecule is Cc1cccc(CN(C(=O)COc2ccccc2C(C)(C)C)C(C)C(=O)NC(C)C)c1. The smallest absolute Gasteiger partial charge is 0.261 e. The zero-order valence-electron chi connectivity index (χ0n) is 19.9. The second-order valence-electron chi connectivity index (χ2n) is 9.38. The van der Waals surface area contributed by atoms with E-state index in [1.165, 1.54) is 0 Å². The molecule has 168 valence electrons. The number of aryl methyl sites for hydroxylation is 1. The van der Waals surface area contributed by atoms with Crippen LogP contribution >= 0.6 is 0 Å². The van der Waals surface area contributed by atoms with Crippen molar-refractivity contribution in [3.63, 3.8) is 0 Å². The highest BCUT2D eigenvalue weighted by Crippen LogP contribution is 2.31. The molecule has 0 spiro atoms. The van der Waals surface area contributed by atoms with Crippen LogP contribution in [0.25, 0.3) is 0 Å². The van der Waals surface area contributed by atoms with Gasteiger partial charge in [-0.3, -0.25) is 9.59 Å². The van der Waals surface area contributed by atoms with Gasteiger partial charge in [-0.25, -0.2) is 0 Å². The van der Waals surface area contributed by atoms with Gasteiger partial charge in [0.25, 0.3) is 5.91 Å². The van der Waals surface area contributed by atoms with Crippen LogP contribution in [0.4, 0.5) is 0 Å². The van der Waals surface area contributed by atoms with Gasteiger partial charge < -0.3 is 15.0 Å². The Labute approximate surface area is 186 Å². The van der Waals surface area contributed by atoms with Crippen molar-refractivity contribution in [2.45, 2.75) is 72.5 Å². The first-order valence-corrected chi connectivity index (χ1v) is 10.9. The first-order chi connectivity index (χ1) is 14.5. The lowest BCUT2D eigenvalue weighted by atomic mass is 9.86. The molecule has 0 aliphatic rings. The minimum atomic E-state index is -0.614. The van der Waals surface area contributed by atoms with Gasteiger partial charge in [0.15, 0.2) is 6.61 Å². The molecule has 2 rings (SSSR count). The minimum absolute atomic E-state index is 0.000726. The van der Waals surface area contributed by atoms with Crippen LogP contribution in [0.1, 0.15) is 58.2 Å². The van der Waals surface area contributed by atoms with Crippen LogP contribution < -0.4 is 10.1 Å². The summed E-state index contributed by atoms with van der Waals surface area (Å²) in [5, 5.41) is 2.90. The van der Waals surface area contributed by atoms with Crippen molar-refractivity contribution in [3.8, 4) is 5.75 Å². The fourth-order valence-electron chi connectivity index (χ4n) is 3.43. The van der Waals surface area contributed by atoms with Gasteiger partial charge in [-0.1, -0.05) is 68.8 Å². The highest BCUT2D eigenvalue weighted by Gasteiger charge is 2.27. The summed E-state index contributed by atoms with van der Waals surface area (Å²) >= 11 is 0. The monoisotopic (exact) mass is 424 g/mol. The molecule has 0 fully saturated rings. The van der Waals surface area contributed by atoms with Crippen LogP contribution in [0.5, 0.6) is 5.75 Å². The molecule has 0 bridgehead atoms. The Morgan fingerprint density at radius 1 is 1.03 bits per heavy atom. The molecule has 2 aromatic rings. The van der Waals surface area contributed by atoms with Gasteiger partial charge >= 0.3 is 0 Å². The average Bonchev–Trinajstić information content (AvgIpc) is 2.68. The molecule has 2 amide bonds. The lowest BCUT2D eigenvalue weighted by Crippen LogP contribution is -2.50. The molecule has 5 nitrogen and oxygen atoms in total. The number of para-hydroxylation sites is 1. The van der Waals surface area contributed by atoms with Crippen LogP contribution in [0.15, 0.2) is 48.5 Å². The number of amides is 2. The second kappa shape index (κ2) is 10.5. The Kier molecular flexibility index (Phi) is 8.26. The first kappa shape index (κ1) is 24.4. The van der Waals surface area contributed by atoms with Gasteiger partial charge in [0.2, 0.25) is 5.91 Å². The van der Waals surface area contributed by atoms with Gasteiger partial charge in [0, 0.05) is 12.6 Å². The molecule has 1 atom stereocenters. The number of benzene rings is 2. The number of carbonyl (C=O) groups excluding carboxylic acids is 2. The van der Waals surface area contributed by atoms with E-state index in [4.69, 9.17) is 4.74 Å². The number of carbonyl (C=O) groups is 2. The third-order valence-electron chi connectivity index (χ3n) is 5.08. The van der Waals surface area contributed by atoms with E-state index >= 15 is 0 Å². The van der Waals surface area contributed by atoms with Gasteiger partial charge in [0.1, 0.15) is 11.8 Å². The molecule has 0 saturated heterocycles. The van der Waals surface area contributed by atoms with Crippen molar-refractivity contribution in [2.24, 2.45) is 0 Å². The largest absolute Gasteiger partial charge is 0.483 e. The number of nitrogens with one attached hydrogen (secondary N) is 1. The van der Waals surface area contributed by atoms with Gasteiger partial charge in [-0.05, 0) is 50.3 Å². The average molecular weight is 425 g/mol. The van der Waals surface area contributed by atoms with Crippen molar-refractivity contribution in [2.75, 3.05) is 6.61 Å². The molecule has 5 heteroatoms. The summed E-state index contributed by atoms with van der Waals surface area (Å²) in [4.78, 5) is 27.5. The van der Waals surface area contributed by atoms with Crippen LogP contribution in [-0.2, 0) is 21.5 Å². The van der Waals surface area contributed by atoms with E-state index in [0.717, 1.165) is 16.7 Å². The first-order valence-electron chi connectivity index (χ1n) is 10.9. The fourth-order valence-corrected chi connectivity index (χ4v) is 3.43. The molecule has 0 saturated carbocycles. The number of hydrogen-bond donors (Lipinski definition) is 1. The van der Waals surface area contributed by atoms with Crippen molar-refractivity contribution in [1.29, 1.82) is 0 Å². The Bertz CT molecular complexity index is 900. The summed E-state index contributed by atoms with van der Waals surface area (Å²) in [6.45, 7) is 14.1. The second-order valence-corrected chi connectivity index (χ2v) is 9.38. The standard InChI is InChI=1S/C26H36N2O3/c1-18(2)27-25(30)20(4)28(16-21-12-10-11-19(3)15-21)24(29)17-31-23-14-9-8-13-22(23)26(5,6)7/h8-15,18,20H,16-17H2,1-7H3,(H,27,30). The zero-order valence-corrected chi connectivity index (χ0v) is 19.9. The van der Waals surface area contributed by atoms with Crippen molar-refractivity contribution >= 4 is 11.8 Å². The zero-order chi connectivity index (χ0) is 23.2. The topological polar surface area (TPSA) is 58.6 Å². The summed E-state index contributed by atoms with van der Waals surface area (Å²) in [6, 6.07) is 15.1. The summed E-state index contributed by atoms with van der Waals surface area (Å²) < 4.78 is 5.96. The molecule has 31 heavy (non-hydrogen) atoms. The molecule has 1 unspecified atom stereocenters. The van der Waals surface area contributed by atoms with Crippen molar-refractivity contribution < 1.29 is 14.3 Å². The van der Waals surface area contributed by atoms with E-state index < -0.39 is 6.04 Å². The molecule has 0 aromatic heterocycles. The van der Waals surface area contributed by atoms with Gasteiger partial charge in [-0.15, -0.1) is 0 Å². The Hall–Kier alpha value is -2.82. The van der Waals surface area contributed by atoms with E-state index in [1.807, 2.05) is 69.3 Å². The molecule has 0 aliphatic carbocycles. The Morgan fingerprint density at radius 2 is 1.71 bits per heavy atom. The summed E-state index contributed by atoms with van der Waals surface area (Å²) in [5.41, 5.74) is 3.02. The summed E-state index contributed by atoms with van der Waals surface area (Å²) in [5.74, 6) is 0.292. The van der Waals surface area contributed by atoms with E-state index in [2.05, 4.69) is 26.1 Å². The fraction of sp³-hybridized carbons (Fsp3) is 0.462. The molecular formula is C26H36N2O3. The predicted molar refractivity (Wildman–Crippen MR) is 125 cm³/mol. The number of nitrogens with zero attached hydrogens (tertiary/aromatic N) is 1. The van der Waals surface area contributed by atoms with Crippen LogP contribution in [-0.4, -0.2) is 35.4 Å². The van der Waals surface area contributed by atoms with Gasteiger partial charge in [0.05, 0.1) is 0 Å². The minimum Gasteiger partial charge on any atom is -0.483 e. The molecule has 0 heterocycles. The van der Waals surface area contributed by atoms with Crippen LogP contribution in [0.2, 0.25) is 0 Å². The van der Waals surface area contributed by atoms with E-state index in [9.17, 15) is 9.59 Å². The molecule has 0 aliphatic heterocycles. The molecule has 1 N–H and O–H groups in total. The van der Waals surface area contributed by atoms with E-state index in [1.54, 1.807) is 11.8 Å². The van der Waals surface area contributed by atoms with Crippen molar-refractivity contribution in [3.05, 3.63) is 65.2 Å². The third kappa shape index (κ3) is 7.12. The van der Waals surface area contributed by atoms with E-state index in [0.29, 0.717) is 12.3 Å². The number of rotatable bonds is 8. The number of ether oxygens (including phenoxy) is 1. The highest BCUT2D eigenvalue weighted by atomic mass is 16.5. The quantitative estimate of drug-likeness (QED) is 0.673. The summed E-state index contributed by atoms with van der Waals surface area (Å²) in [6.07, 6.45) is 0. The third-order valence-corrected chi connectivity index (χ3v) is 5.08. The highest BCUT2D eigenvalue weighted by molar-refractivity contribution is 5.88. The van der Waals surface area contributed by atoms with Crippen LogP contribution in [0, 0.1) is 6.92 Å². The Balaban J connectivity index is 2.23. The molecule has 2 aromatic carbocycles. The number of hydrogen-bond acceptors (Lipinski definition) is 3.